The molecule has 0 heterocycles. The van der Waals surface area contributed by atoms with Crippen molar-refractivity contribution in [1.82, 2.24) is 5.32 Å². The molecule has 0 unspecified atom stereocenters. The van der Waals surface area contributed by atoms with E-state index in [2.05, 4.69) is 33.0 Å². The summed E-state index contributed by atoms with van der Waals surface area (Å²) in [6.45, 7) is 12.1. The minimum absolute atomic E-state index is 0.131. The average Bonchev–Trinajstić information content (AvgIpc) is 2.31. The van der Waals surface area contributed by atoms with Gasteiger partial charge in [-0.2, -0.15) is 0 Å². The SMILES string of the molecule is CCCNCC1(OCC(C)C)CCC(C)CC1. The summed E-state index contributed by atoms with van der Waals surface area (Å²) >= 11 is 0. The van der Waals surface area contributed by atoms with Gasteiger partial charge in [0.1, 0.15) is 0 Å². The van der Waals surface area contributed by atoms with Crippen molar-refractivity contribution in [3.8, 4) is 0 Å². The van der Waals surface area contributed by atoms with E-state index < -0.39 is 0 Å². The summed E-state index contributed by atoms with van der Waals surface area (Å²) in [7, 11) is 0. The minimum atomic E-state index is 0.131. The number of hydrogen-bond donors (Lipinski definition) is 1. The Balaban J connectivity index is 2.44. The fourth-order valence-electron chi connectivity index (χ4n) is 2.50. The summed E-state index contributed by atoms with van der Waals surface area (Å²) in [5.74, 6) is 1.52. The third-order valence-corrected chi connectivity index (χ3v) is 3.78. The maximum absolute atomic E-state index is 6.26. The lowest BCUT2D eigenvalue weighted by atomic mass is 9.79. The molecular weight excluding hydrogens is 210 g/mol. The summed E-state index contributed by atoms with van der Waals surface area (Å²) in [5.41, 5.74) is 0.131. The first-order valence-corrected chi connectivity index (χ1v) is 7.42. The molecule has 1 saturated carbocycles. The summed E-state index contributed by atoms with van der Waals surface area (Å²) in [6, 6.07) is 0. The molecule has 1 N–H and O–H groups in total. The molecule has 0 aliphatic heterocycles. The topological polar surface area (TPSA) is 21.3 Å². The maximum Gasteiger partial charge on any atom is 0.0806 e. The molecule has 0 amide bonds. The monoisotopic (exact) mass is 241 g/mol. The van der Waals surface area contributed by atoms with Gasteiger partial charge in [-0.05, 0) is 50.5 Å². The maximum atomic E-state index is 6.26. The molecule has 2 nitrogen and oxygen atoms in total. The molecule has 0 bridgehead atoms. The third kappa shape index (κ3) is 5.39. The second-order valence-electron chi connectivity index (χ2n) is 6.25. The van der Waals surface area contributed by atoms with Gasteiger partial charge in [0.25, 0.3) is 0 Å². The van der Waals surface area contributed by atoms with Crippen LogP contribution in [-0.2, 0) is 4.74 Å². The largest absolute Gasteiger partial charge is 0.373 e. The van der Waals surface area contributed by atoms with E-state index in [4.69, 9.17) is 4.74 Å². The van der Waals surface area contributed by atoms with Crippen LogP contribution >= 0.6 is 0 Å². The molecule has 0 aromatic carbocycles. The minimum Gasteiger partial charge on any atom is -0.373 e. The lowest BCUT2D eigenvalue weighted by molar-refractivity contribution is -0.0842. The summed E-state index contributed by atoms with van der Waals surface area (Å²) in [5, 5.41) is 3.56. The Morgan fingerprint density at radius 1 is 1.29 bits per heavy atom. The van der Waals surface area contributed by atoms with Gasteiger partial charge in [0.2, 0.25) is 0 Å². The van der Waals surface area contributed by atoms with Crippen LogP contribution < -0.4 is 5.32 Å². The lowest BCUT2D eigenvalue weighted by Crippen LogP contribution is -2.46. The highest BCUT2D eigenvalue weighted by Gasteiger charge is 2.34. The normalized spacial score (nSPS) is 29.8. The Morgan fingerprint density at radius 3 is 2.47 bits per heavy atom. The zero-order valence-electron chi connectivity index (χ0n) is 12.2. The van der Waals surface area contributed by atoms with Crippen molar-refractivity contribution in [1.29, 1.82) is 0 Å². The highest BCUT2D eigenvalue weighted by atomic mass is 16.5. The van der Waals surface area contributed by atoms with Gasteiger partial charge in [-0.1, -0.05) is 27.7 Å². The third-order valence-electron chi connectivity index (χ3n) is 3.78. The van der Waals surface area contributed by atoms with Crippen LogP contribution in [0.15, 0.2) is 0 Å². The molecule has 0 spiro atoms. The Bertz CT molecular complexity index is 195. The molecular formula is C15H31NO. The van der Waals surface area contributed by atoms with Crippen molar-refractivity contribution >= 4 is 0 Å². The predicted octanol–water partition coefficient (Wildman–Crippen LogP) is 3.61. The number of hydrogen-bond acceptors (Lipinski definition) is 2. The van der Waals surface area contributed by atoms with Crippen LogP contribution in [0.1, 0.15) is 59.8 Å². The van der Waals surface area contributed by atoms with Gasteiger partial charge in [-0.15, -0.1) is 0 Å². The van der Waals surface area contributed by atoms with E-state index in [-0.39, 0.29) is 5.60 Å². The lowest BCUT2D eigenvalue weighted by Gasteiger charge is -2.40. The van der Waals surface area contributed by atoms with E-state index >= 15 is 0 Å². The van der Waals surface area contributed by atoms with Crippen molar-refractivity contribution in [3.63, 3.8) is 0 Å². The molecule has 0 aromatic rings. The van der Waals surface area contributed by atoms with E-state index in [0.717, 1.165) is 25.6 Å². The number of nitrogens with one attached hydrogen (secondary N) is 1. The first-order valence-electron chi connectivity index (χ1n) is 7.42. The fourth-order valence-corrected chi connectivity index (χ4v) is 2.50. The van der Waals surface area contributed by atoms with E-state index in [1.807, 2.05) is 0 Å². The van der Waals surface area contributed by atoms with Crippen LogP contribution in [0.3, 0.4) is 0 Å². The highest BCUT2D eigenvalue weighted by molar-refractivity contribution is 4.88. The van der Waals surface area contributed by atoms with Gasteiger partial charge in [-0.25, -0.2) is 0 Å². The molecule has 0 radical (unpaired) electrons. The van der Waals surface area contributed by atoms with Crippen LogP contribution in [0, 0.1) is 11.8 Å². The van der Waals surface area contributed by atoms with Gasteiger partial charge < -0.3 is 10.1 Å². The van der Waals surface area contributed by atoms with Crippen LogP contribution in [-0.4, -0.2) is 25.3 Å². The molecule has 0 saturated heterocycles. The summed E-state index contributed by atoms with van der Waals surface area (Å²) in [4.78, 5) is 0. The molecule has 1 aliphatic rings. The smallest absolute Gasteiger partial charge is 0.0806 e. The van der Waals surface area contributed by atoms with Crippen molar-refractivity contribution in [2.45, 2.75) is 65.4 Å². The van der Waals surface area contributed by atoms with E-state index in [0.29, 0.717) is 5.92 Å². The fraction of sp³-hybridized carbons (Fsp3) is 1.00. The molecule has 1 fully saturated rings. The van der Waals surface area contributed by atoms with E-state index in [1.54, 1.807) is 0 Å². The predicted molar refractivity (Wildman–Crippen MR) is 74.3 cm³/mol. The first-order chi connectivity index (χ1) is 8.08. The van der Waals surface area contributed by atoms with Crippen molar-refractivity contribution in [2.24, 2.45) is 11.8 Å². The van der Waals surface area contributed by atoms with Crippen LogP contribution in [0.25, 0.3) is 0 Å². The first kappa shape index (κ1) is 15.0. The molecule has 1 rings (SSSR count). The van der Waals surface area contributed by atoms with E-state index in [1.165, 1.54) is 32.1 Å². The molecule has 1 aliphatic carbocycles. The van der Waals surface area contributed by atoms with Crippen molar-refractivity contribution in [2.75, 3.05) is 19.7 Å². The molecule has 102 valence electrons. The average molecular weight is 241 g/mol. The molecule has 0 aromatic heterocycles. The number of rotatable bonds is 7. The summed E-state index contributed by atoms with van der Waals surface area (Å²) in [6.07, 6.45) is 6.32. The Kier molecular flexibility index (Phi) is 6.50. The van der Waals surface area contributed by atoms with Crippen LogP contribution in [0.5, 0.6) is 0 Å². The standard InChI is InChI=1S/C15H31NO/c1-5-10-16-12-15(17-11-13(2)3)8-6-14(4)7-9-15/h13-14,16H,5-12H2,1-4H3. The molecule has 2 heteroatoms. The zero-order valence-corrected chi connectivity index (χ0v) is 12.2. The second-order valence-corrected chi connectivity index (χ2v) is 6.25. The summed E-state index contributed by atoms with van der Waals surface area (Å²) < 4.78 is 6.26. The Hall–Kier alpha value is -0.0800. The second kappa shape index (κ2) is 7.38. The van der Waals surface area contributed by atoms with Crippen LogP contribution in [0.4, 0.5) is 0 Å². The van der Waals surface area contributed by atoms with E-state index in [9.17, 15) is 0 Å². The molecule has 17 heavy (non-hydrogen) atoms. The van der Waals surface area contributed by atoms with Crippen LogP contribution in [0.2, 0.25) is 0 Å². The Morgan fingerprint density at radius 2 is 1.94 bits per heavy atom. The van der Waals surface area contributed by atoms with Gasteiger partial charge in [0.05, 0.1) is 5.60 Å². The Labute approximate surface area is 108 Å². The highest BCUT2D eigenvalue weighted by Crippen LogP contribution is 2.34. The quantitative estimate of drug-likeness (QED) is 0.688. The van der Waals surface area contributed by atoms with Gasteiger partial charge >= 0.3 is 0 Å². The van der Waals surface area contributed by atoms with Gasteiger partial charge in [0.15, 0.2) is 0 Å². The van der Waals surface area contributed by atoms with Crippen molar-refractivity contribution in [3.05, 3.63) is 0 Å². The van der Waals surface area contributed by atoms with Gasteiger partial charge in [-0.3, -0.25) is 0 Å². The molecule has 0 atom stereocenters. The zero-order chi connectivity index (χ0) is 12.7. The van der Waals surface area contributed by atoms with Gasteiger partial charge in [0, 0.05) is 13.2 Å². The van der Waals surface area contributed by atoms with Crippen molar-refractivity contribution < 1.29 is 4.74 Å². The number of ether oxygens (including phenoxy) is 1.